The molecule has 2 aromatic carbocycles. The second-order valence-electron chi connectivity index (χ2n) is 5.40. The van der Waals surface area contributed by atoms with E-state index in [2.05, 4.69) is 56.0 Å². The molecule has 2 N–H and O–H groups in total. The Kier molecular flexibility index (Phi) is 6.02. The lowest BCUT2D eigenvalue weighted by atomic mass is 9.89. The van der Waals surface area contributed by atoms with Crippen molar-refractivity contribution >= 4 is 0 Å². The van der Waals surface area contributed by atoms with E-state index < -0.39 is 0 Å². The molecule has 0 aromatic heterocycles. The van der Waals surface area contributed by atoms with E-state index in [1.54, 1.807) is 0 Å². The van der Waals surface area contributed by atoms with Gasteiger partial charge < -0.3 is 10.5 Å². The highest BCUT2D eigenvalue weighted by Gasteiger charge is 2.19. The summed E-state index contributed by atoms with van der Waals surface area (Å²) >= 11 is 0. The van der Waals surface area contributed by atoms with E-state index in [0.29, 0.717) is 0 Å². The molecule has 0 aliphatic carbocycles. The molecular weight excluding hydrogens is 270 g/mol. The van der Waals surface area contributed by atoms with Crippen molar-refractivity contribution in [2.45, 2.75) is 39.5 Å². The number of benzene rings is 2. The van der Waals surface area contributed by atoms with Crippen LogP contribution in [0.25, 0.3) is 11.1 Å². The van der Waals surface area contributed by atoms with Crippen LogP contribution in [0.5, 0.6) is 5.75 Å². The van der Waals surface area contributed by atoms with Crippen molar-refractivity contribution in [2.75, 3.05) is 13.7 Å². The molecule has 0 saturated heterocycles. The maximum Gasteiger partial charge on any atom is 0.130 e. The zero-order valence-electron chi connectivity index (χ0n) is 14.0. The largest absolute Gasteiger partial charge is 0.493 e. The summed E-state index contributed by atoms with van der Waals surface area (Å²) < 4.78 is 6.05. The van der Waals surface area contributed by atoms with Crippen molar-refractivity contribution in [3.8, 4) is 16.9 Å². The van der Waals surface area contributed by atoms with Crippen LogP contribution in [-0.2, 0) is 19.3 Å². The van der Waals surface area contributed by atoms with Crippen LogP contribution in [0.4, 0.5) is 0 Å². The molecule has 1 aliphatic rings. The van der Waals surface area contributed by atoms with Gasteiger partial charge in [0.2, 0.25) is 0 Å². The summed E-state index contributed by atoms with van der Waals surface area (Å²) in [4.78, 5) is 0. The number of nitrogens with two attached hydrogens (primary N) is 1. The second kappa shape index (κ2) is 8.00. The third kappa shape index (κ3) is 3.17. The van der Waals surface area contributed by atoms with E-state index in [4.69, 9.17) is 4.74 Å². The fourth-order valence-electron chi connectivity index (χ4n) is 3.13. The predicted octanol–water partition coefficient (Wildman–Crippen LogP) is 4.38. The number of hydrogen-bond donors (Lipinski definition) is 1. The van der Waals surface area contributed by atoms with Gasteiger partial charge in [0.15, 0.2) is 0 Å². The van der Waals surface area contributed by atoms with Gasteiger partial charge in [-0.2, -0.15) is 0 Å². The summed E-state index contributed by atoms with van der Waals surface area (Å²) in [7, 11) is 1.50. The van der Waals surface area contributed by atoms with Gasteiger partial charge in [-0.3, -0.25) is 0 Å². The summed E-state index contributed by atoms with van der Waals surface area (Å²) in [5.74, 6) is 1.14. The molecule has 2 heteroatoms. The minimum absolute atomic E-state index is 0.849. The van der Waals surface area contributed by atoms with Gasteiger partial charge in [-0.15, -0.1) is 0 Å². The lowest BCUT2D eigenvalue weighted by Crippen LogP contribution is -2.11. The molecule has 118 valence electrons. The van der Waals surface area contributed by atoms with Crippen LogP contribution in [0.3, 0.4) is 0 Å². The van der Waals surface area contributed by atoms with Crippen molar-refractivity contribution in [2.24, 2.45) is 5.73 Å². The first-order valence-electron chi connectivity index (χ1n) is 8.28. The second-order valence-corrected chi connectivity index (χ2v) is 5.40. The summed E-state index contributed by atoms with van der Waals surface area (Å²) in [5, 5.41) is 0. The van der Waals surface area contributed by atoms with Gasteiger partial charge in [0.25, 0.3) is 0 Å². The van der Waals surface area contributed by atoms with Gasteiger partial charge >= 0.3 is 0 Å². The third-order valence-corrected chi connectivity index (χ3v) is 4.21. The molecule has 0 unspecified atom stereocenters. The van der Waals surface area contributed by atoms with E-state index in [0.717, 1.165) is 38.0 Å². The molecular formula is C20H27NO. The Labute approximate surface area is 134 Å². The number of aryl methyl sites for hydroxylation is 3. The maximum absolute atomic E-state index is 6.05. The highest BCUT2D eigenvalue weighted by Crippen LogP contribution is 2.40. The molecule has 0 radical (unpaired) electrons. The van der Waals surface area contributed by atoms with Crippen LogP contribution in [0.2, 0.25) is 0 Å². The zero-order valence-corrected chi connectivity index (χ0v) is 14.0. The molecule has 2 nitrogen and oxygen atoms in total. The highest BCUT2D eigenvalue weighted by molar-refractivity contribution is 5.78. The number of rotatable bonds is 3. The SMILES string of the molecule is CCc1ccccc1-c1c(CC)ccc2c1OCCC2.CN. The number of ether oxygens (including phenoxy) is 1. The Morgan fingerprint density at radius 1 is 0.955 bits per heavy atom. The molecule has 3 rings (SSSR count). The highest BCUT2D eigenvalue weighted by atomic mass is 16.5. The van der Waals surface area contributed by atoms with Gasteiger partial charge in [-0.25, -0.2) is 0 Å². The molecule has 0 atom stereocenters. The lowest BCUT2D eigenvalue weighted by molar-refractivity contribution is 0.289. The standard InChI is InChI=1S/C19H22O.CH5N/c1-3-14-8-5-6-10-17(14)18-15(4-2)11-12-16-9-7-13-20-19(16)18;1-2/h5-6,8,10-12H,3-4,7,9,13H2,1-2H3;2H2,1H3. The van der Waals surface area contributed by atoms with Crippen LogP contribution in [0.15, 0.2) is 36.4 Å². The van der Waals surface area contributed by atoms with Crippen molar-refractivity contribution in [3.05, 3.63) is 53.1 Å². The molecule has 2 aromatic rings. The van der Waals surface area contributed by atoms with Crippen molar-refractivity contribution < 1.29 is 4.74 Å². The molecule has 0 spiro atoms. The zero-order chi connectivity index (χ0) is 15.9. The monoisotopic (exact) mass is 297 g/mol. The van der Waals surface area contributed by atoms with Crippen LogP contribution in [0, 0.1) is 0 Å². The molecule has 0 amide bonds. The van der Waals surface area contributed by atoms with E-state index in [1.807, 2.05) is 0 Å². The summed E-state index contributed by atoms with van der Waals surface area (Å²) in [5.41, 5.74) is 11.4. The van der Waals surface area contributed by atoms with Gasteiger partial charge in [0, 0.05) is 5.56 Å². The predicted molar refractivity (Wildman–Crippen MR) is 94.6 cm³/mol. The van der Waals surface area contributed by atoms with Gasteiger partial charge in [0.1, 0.15) is 5.75 Å². The molecule has 0 bridgehead atoms. The first-order valence-corrected chi connectivity index (χ1v) is 8.28. The van der Waals surface area contributed by atoms with Gasteiger partial charge in [0.05, 0.1) is 6.61 Å². The smallest absolute Gasteiger partial charge is 0.130 e. The Hall–Kier alpha value is -1.80. The minimum Gasteiger partial charge on any atom is -0.493 e. The molecule has 0 saturated carbocycles. The minimum atomic E-state index is 0.849. The Bertz CT molecular complexity index is 619. The van der Waals surface area contributed by atoms with E-state index in [-0.39, 0.29) is 0 Å². The molecule has 1 heterocycles. The van der Waals surface area contributed by atoms with Crippen LogP contribution in [0.1, 0.15) is 37.0 Å². The molecule has 1 aliphatic heterocycles. The Morgan fingerprint density at radius 3 is 2.41 bits per heavy atom. The summed E-state index contributed by atoms with van der Waals surface area (Å²) in [6, 6.07) is 13.3. The number of fused-ring (bicyclic) bond motifs is 1. The molecule has 22 heavy (non-hydrogen) atoms. The van der Waals surface area contributed by atoms with Crippen LogP contribution >= 0.6 is 0 Å². The van der Waals surface area contributed by atoms with E-state index >= 15 is 0 Å². The van der Waals surface area contributed by atoms with Crippen LogP contribution in [-0.4, -0.2) is 13.7 Å². The fraction of sp³-hybridized carbons (Fsp3) is 0.400. The van der Waals surface area contributed by atoms with Crippen molar-refractivity contribution in [3.63, 3.8) is 0 Å². The average Bonchev–Trinajstić information content (AvgIpc) is 2.62. The van der Waals surface area contributed by atoms with E-state index in [9.17, 15) is 0 Å². The Balaban J connectivity index is 0.000000847. The van der Waals surface area contributed by atoms with Gasteiger partial charge in [-0.1, -0.05) is 50.2 Å². The summed E-state index contributed by atoms with van der Waals surface area (Å²) in [6.45, 7) is 5.30. The maximum atomic E-state index is 6.05. The average molecular weight is 297 g/mol. The fourth-order valence-corrected chi connectivity index (χ4v) is 3.13. The lowest BCUT2D eigenvalue weighted by Gasteiger charge is -2.24. The van der Waals surface area contributed by atoms with Gasteiger partial charge in [-0.05, 0) is 55.0 Å². The van der Waals surface area contributed by atoms with Crippen molar-refractivity contribution in [1.82, 2.24) is 0 Å². The topological polar surface area (TPSA) is 35.2 Å². The first-order chi connectivity index (χ1) is 10.8. The molecule has 0 fully saturated rings. The third-order valence-electron chi connectivity index (χ3n) is 4.21. The van der Waals surface area contributed by atoms with E-state index in [1.165, 1.54) is 34.9 Å². The summed E-state index contributed by atoms with van der Waals surface area (Å²) in [6.07, 6.45) is 4.38. The van der Waals surface area contributed by atoms with Crippen LogP contribution < -0.4 is 10.5 Å². The quantitative estimate of drug-likeness (QED) is 0.912. The normalized spacial score (nSPS) is 12.7. The van der Waals surface area contributed by atoms with Crippen molar-refractivity contribution in [1.29, 1.82) is 0 Å². The first kappa shape index (κ1) is 16.6. The Morgan fingerprint density at radius 2 is 1.68 bits per heavy atom. The number of hydrogen-bond acceptors (Lipinski definition) is 2.